The summed E-state index contributed by atoms with van der Waals surface area (Å²) in [6, 6.07) is 10.3. The van der Waals surface area contributed by atoms with Crippen LogP contribution in [-0.4, -0.2) is 48.1 Å². The molecule has 0 aromatic heterocycles. The fraction of sp³-hybridized carbons (Fsp3) is 0.538. The molecule has 2 aliphatic rings. The molecule has 1 aromatic rings. The molecule has 2 unspecified atom stereocenters. The van der Waals surface area contributed by atoms with Gasteiger partial charge in [-0.3, -0.25) is 0 Å². The van der Waals surface area contributed by atoms with Gasteiger partial charge >= 0.3 is 116 Å². The van der Waals surface area contributed by atoms with Crippen LogP contribution in [0.4, 0.5) is 0 Å². The summed E-state index contributed by atoms with van der Waals surface area (Å²) < 4.78 is 25.2. The zero-order chi connectivity index (χ0) is 12.4. The van der Waals surface area contributed by atoms with Crippen LogP contribution >= 0.6 is 0 Å². The second-order valence-corrected chi connectivity index (χ2v) is 9.60. The van der Waals surface area contributed by atoms with Crippen LogP contribution in [0.1, 0.15) is 12.8 Å². The van der Waals surface area contributed by atoms with Crippen LogP contribution in [0.25, 0.3) is 0 Å². The molecule has 0 radical (unpaired) electrons. The molecule has 2 fully saturated rings. The summed E-state index contributed by atoms with van der Waals surface area (Å²) in [5.74, 6) is 0.286. The van der Waals surface area contributed by atoms with Crippen LogP contribution in [0.5, 0.6) is 0 Å². The maximum absolute atomic E-state index is 12.2. The molecule has 5 heteroatoms. The van der Waals surface area contributed by atoms with Gasteiger partial charge in [-0.2, -0.15) is 0 Å². The molecular weight excluding hydrogens is 315 g/mol. The number of hydrogen-bond acceptors (Lipinski definition) is 3. The minimum absolute atomic E-state index is 0.215. The molecule has 0 N–H and O–H groups in total. The SMILES string of the molecule is O=S1CCC2(CC1[Se]c1ccccc1)OCCO2. The van der Waals surface area contributed by atoms with Gasteiger partial charge in [0.25, 0.3) is 0 Å². The zero-order valence-electron chi connectivity index (χ0n) is 10.0. The Hall–Kier alpha value is -0.191. The molecule has 3 rings (SSSR count). The quantitative estimate of drug-likeness (QED) is 0.746. The van der Waals surface area contributed by atoms with Crippen molar-refractivity contribution >= 4 is 30.2 Å². The molecule has 0 bridgehead atoms. The average molecular weight is 331 g/mol. The van der Waals surface area contributed by atoms with E-state index >= 15 is 0 Å². The van der Waals surface area contributed by atoms with Crippen molar-refractivity contribution in [3.05, 3.63) is 30.3 Å². The third kappa shape index (κ3) is 2.70. The van der Waals surface area contributed by atoms with Crippen LogP contribution in [0.3, 0.4) is 0 Å². The van der Waals surface area contributed by atoms with Gasteiger partial charge in [-0.05, 0) is 0 Å². The summed E-state index contributed by atoms with van der Waals surface area (Å²) in [7, 11) is -0.733. The Labute approximate surface area is 116 Å². The molecule has 98 valence electrons. The van der Waals surface area contributed by atoms with Crippen molar-refractivity contribution in [2.45, 2.75) is 22.8 Å². The third-order valence-corrected chi connectivity index (χ3v) is 8.53. The zero-order valence-corrected chi connectivity index (χ0v) is 12.6. The van der Waals surface area contributed by atoms with Crippen LogP contribution in [0.15, 0.2) is 30.3 Å². The standard InChI is InChI=1S/C13H16O3SSe/c14-17-9-6-13(15-7-8-16-13)10-12(17)18-11-4-2-1-3-5-11/h1-5,12H,6-10H2. The first kappa shape index (κ1) is 12.8. The van der Waals surface area contributed by atoms with Crippen molar-refractivity contribution in [1.82, 2.24) is 0 Å². The monoisotopic (exact) mass is 332 g/mol. The van der Waals surface area contributed by atoms with Crippen molar-refractivity contribution < 1.29 is 13.7 Å². The maximum atomic E-state index is 12.2. The van der Waals surface area contributed by atoms with E-state index in [0.29, 0.717) is 19.0 Å². The van der Waals surface area contributed by atoms with Gasteiger partial charge in [0, 0.05) is 0 Å². The van der Waals surface area contributed by atoms with E-state index in [-0.39, 0.29) is 19.1 Å². The van der Waals surface area contributed by atoms with E-state index in [9.17, 15) is 4.21 Å². The van der Waals surface area contributed by atoms with E-state index in [1.807, 2.05) is 18.2 Å². The fourth-order valence-electron chi connectivity index (χ4n) is 2.34. The summed E-state index contributed by atoms with van der Waals surface area (Å²) >= 11 is 0.231. The summed E-state index contributed by atoms with van der Waals surface area (Å²) in [6.45, 7) is 1.36. The summed E-state index contributed by atoms with van der Waals surface area (Å²) in [5, 5.41) is 0. The number of rotatable bonds is 2. The number of benzene rings is 1. The number of hydrogen-bond donors (Lipinski definition) is 0. The molecule has 18 heavy (non-hydrogen) atoms. The normalized spacial score (nSPS) is 30.7. The molecule has 2 saturated heterocycles. The Bertz CT molecular complexity index is 431. The van der Waals surface area contributed by atoms with Crippen LogP contribution < -0.4 is 4.46 Å². The molecule has 2 aliphatic heterocycles. The van der Waals surface area contributed by atoms with Gasteiger partial charge in [-0.25, -0.2) is 0 Å². The molecule has 1 aromatic carbocycles. The van der Waals surface area contributed by atoms with Gasteiger partial charge in [-0.1, -0.05) is 0 Å². The van der Waals surface area contributed by atoms with E-state index in [2.05, 4.69) is 12.1 Å². The van der Waals surface area contributed by atoms with E-state index in [1.165, 1.54) is 4.46 Å². The molecule has 0 amide bonds. The van der Waals surface area contributed by atoms with Gasteiger partial charge in [0.05, 0.1) is 0 Å². The van der Waals surface area contributed by atoms with Gasteiger partial charge in [0.2, 0.25) is 0 Å². The van der Waals surface area contributed by atoms with Gasteiger partial charge in [-0.15, -0.1) is 0 Å². The predicted molar refractivity (Wildman–Crippen MR) is 72.5 cm³/mol. The first-order valence-corrected chi connectivity index (χ1v) is 9.37. The van der Waals surface area contributed by atoms with Gasteiger partial charge in [0.1, 0.15) is 0 Å². The Balaban J connectivity index is 1.72. The molecule has 1 spiro atoms. The Morgan fingerprint density at radius 1 is 1.22 bits per heavy atom. The van der Waals surface area contributed by atoms with Crippen LogP contribution in [0, 0.1) is 0 Å². The first-order valence-electron chi connectivity index (χ1n) is 6.14. The number of ether oxygens (including phenoxy) is 2. The van der Waals surface area contributed by atoms with E-state index in [1.54, 1.807) is 0 Å². The average Bonchev–Trinajstić information content (AvgIpc) is 2.84. The first-order chi connectivity index (χ1) is 8.77. The second kappa shape index (κ2) is 5.43. The summed E-state index contributed by atoms with van der Waals surface area (Å²) in [6.07, 6.45) is 1.56. The Kier molecular flexibility index (Phi) is 3.87. The van der Waals surface area contributed by atoms with Crippen molar-refractivity contribution in [2.24, 2.45) is 0 Å². The van der Waals surface area contributed by atoms with Crippen molar-refractivity contribution in [1.29, 1.82) is 0 Å². The fourth-order valence-corrected chi connectivity index (χ4v) is 7.53. The van der Waals surface area contributed by atoms with Crippen molar-refractivity contribution in [2.75, 3.05) is 19.0 Å². The predicted octanol–water partition coefficient (Wildman–Crippen LogP) is 0.628. The summed E-state index contributed by atoms with van der Waals surface area (Å²) in [4.78, 5) is 0. The van der Waals surface area contributed by atoms with Crippen molar-refractivity contribution in [3.63, 3.8) is 0 Å². The molecule has 0 saturated carbocycles. The topological polar surface area (TPSA) is 35.5 Å². The van der Waals surface area contributed by atoms with E-state index in [4.69, 9.17) is 9.47 Å². The van der Waals surface area contributed by atoms with Gasteiger partial charge in [0.15, 0.2) is 0 Å². The molecule has 2 heterocycles. The van der Waals surface area contributed by atoms with Crippen molar-refractivity contribution in [3.8, 4) is 0 Å². The van der Waals surface area contributed by atoms with E-state index in [0.717, 1.165) is 12.8 Å². The molecule has 3 nitrogen and oxygen atoms in total. The van der Waals surface area contributed by atoms with Gasteiger partial charge < -0.3 is 0 Å². The second-order valence-electron chi connectivity index (χ2n) is 4.51. The van der Waals surface area contributed by atoms with E-state index < -0.39 is 16.6 Å². The molecule has 0 aliphatic carbocycles. The summed E-state index contributed by atoms with van der Waals surface area (Å²) in [5.41, 5.74) is 0. The Morgan fingerprint density at radius 2 is 1.94 bits per heavy atom. The third-order valence-electron chi connectivity index (χ3n) is 3.28. The van der Waals surface area contributed by atoms with Crippen LogP contribution in [-0.2, 0) is 20.3 Å². The molecule has 2 atom stereocenters. The Morgan fingerprint density at radius 3 is 2.67 bits per heavy atom. The minimum atomic E-state index is -0.733. The van der Waals surface area contributed by atoms with Crippen LogP contribution in [0.2, 0.25) is 0 Å². The molecular formula is C13H16O3SSe.